The number of carboxylic acid groups (broad SMARTS) is 1. The first-order valence-electron chi connectivity index (χ1n) is 10.8. The number of carbonyl (C=O) groups is 1. The van der Waals surface area contributed by atoms with Crippen LogP contribution in [0.15, 0.2) is 0 Å². The number of carboxylic acids is 1. The average molecular weight is 395 g/mol. The van der Waals surface area contributed by atoms with Gasteiger partial charge in [-0.25, -0.2) is 0 Å². The molecule has 0 aromatic carbocycles. The minimum atomic E-state index is -1.04. The van der Waals surface area contributed by atoms with Crippen molar-refractivity contribution in [2.75, 3.05) is 13.2 Å². The monoisotopic (exact) mass is 394 g/mol. The van der Waals surface area contributed by atoms with Gasteiger partial charge in [-0.1, -0.05) is 79.1 Å². The van der Waals surface area contributed by atoms with Crippen LogP contribution in [0.3, 0.4) is 0 Å². The van der Waals surface area contributed by atoms with Crippen LogP contribution < -0.4 is 34.7 Å². The number of aliphatic carboxylic acids is 1. The topological polar surface area (TPSA) is 58.6 Å². The fraction of sp³-hybridized carbons (Fsp3) is 0.955. The molecule has 156 valence electrons. The van der Waals surface area contributed by atoms with Gasteiger partial charge in [0, 0.05) is 25.6 Å². The summed E-state index contributed by atoms with van der Waals surface area (Å²) in [4.78, 5) is 10.7. The molecule has 0 heterocycles. The van der Waals surface area contributed by atoms with Gasteiger partial charge in [0.15, 0.2) is 6.29 Å². The first kappa shape index (κ1) is 29.6. The molecule has 0 spiro atoms. The van der Waals surface area contributed by atoms with E-state index in [4.69, 9.17) is 9.47 Å². The molecule has 0 radical (unpaired) electrons. The van der Waals surface area contributed by atoms with Crippen LogP contribution in [0.5, 0.6) is 0 Å². The molecule has 0 aliphatic rings. The van der Waals surface area contributed by atoms with E-state index in [9.17, 15) is 9.90 Å². The van der Waals surface area contributed by atoms with Crippen LogP contribution in [0, 0.1) is 11.8 Å². The number of unbranched alkanes of at least 4 members (excludes halogenated alkanes) is 6. The van der Waals surface area contributed by atoms with Crippen LogP contribution in [-0.2, 0) is 14.3 Å². The Balaban J connectivity index is 0. The molecule has 27 heavy (non-hydrogen) atoms. The maximum absolute atomic E-state index is 10.7. The molecular weight excluding hydrogens is 351 g/mol. The summed E-state index contributed by atoms with van der Waals surface area (Å²) in [7, 11) is 0. The molecule has 0 bridgehead atoms. The standard InChI is InChI=1S/C22H44O4.Na/c1-19(2)13-9-5-7-11-17-25-22(16-15-21(23)24)26-18-12-8-6-10-14-20(3)4;/h19-20,22H,5-18H2,1-4H3,(H,23,24);/q;+1/p-1. The molecule has 0 aliphatic carbocycles. The van der Waals surface area contributed by atoms with Crippen LogP contribution in [0.4, 0.5) is 0 Å². The molecule has 0 amide bonds. The number of ether oxygens (including phenoxy) is 2. The Morgan fingerprint density at radius 2 is 1.11 bits per heavy atom. The Morgan fingerprint density at radius 3 is 1.48 bits per heavy atom. The minimum absolute atomic E-state index is 0. The van der Waals surface area contributed by atoms with Gasteiger partial charge in [0.25, 0.3) is 0 Å². The number of rotatable bonds is 19. The van der Waals surface area contributed by atoms with Gasteiger partial charge < -0.3 is 19.4 Å². The van der Waals surface area contributed by atoms with E-state index >= 15 is 0 Å². The Kier molecular flexibility index (Phi) is 23.1. The van der Waals surface area contributed by atoms with Gasteiger partial charge in [0.2, 0.25) is 0 Å². The third kappa shape index (κ3) is 24.4. The van der Waals surface area contributed by atoms with Crippen molar-refractivity contribution >= 4 is 5.97 Å². The maximum Gasteiger partial charge on any atom is 1.00 e. The zero-order valence-electron chi connectivity index (χ0n) is 18.8. The molecule has 4 nitrogen and oxygen atoms in total. The fourth-order valence-corrected chi connectivity index (χ4v) is 2.90. The Hall–Kier alpha value is 0.390. The average Bonchev–Trinajstić information content (AvgIpc) is 2.56. The van der Waals surface area contributed by atoms with Gasteiger partial charge in [-0.3, -0.25) is 0 Å². The molecule has 0 aromatic heterocycles. The van der Waals surface area contributed by atoms with E-state index in [1.165, 1.54) is 38.5 Å². The molecule has 0 atom stereocenters. The zero-order chi connectivity index (χ0) is 19.6. The summed E-state index contributed by atoms with van der Waals surface area (Å²) in [6, 6.07) is 0. The first-order valence-corrected chi connectivity index (χ1v) is 10.8. The van der Waals surface area contributed by atoms with Crippen molar-refractivity contribution < 1.29 is 48.9 Å². The van der Waals surface area contributed by atoms with E-state index in [0.29, 0.717) is 19.6 Å². The van der Waals surface area contributed by atoms with Gasteiger partial charge in [-0.05, 0) is 31.1 Å². The van der Waals surface area contributed by atoms with Gasteiger partial charge in [0.1, 0.15) is 0 Å². The van der Waals surface area contributed by atoms with Crippen molar-refractivity contribution in [1.29, 1.82) is 0 Å². The summed E-state index contributed by atoms with van der Waals surface area (Å²) in [5.41, 5.74) is 0. The van der Waals surface area contributed by atoms with E-state index in [2.05, 4.69) is 27.7 Å². The molecule has 0 fully saturated rings. The zero-order valence-corrected chi connectivity index (χ0v) is 20.8. The Bertz CT molecular complexity index is 299. The SMILES string of the molecule is CC(C)CCCCCCOC(CCC(=O)[O-])OCCCCCCC(C)C.[Na+]. The van der Waals surface area contributed by atoms with Crippen molar-refractivity contribution in [3.8, 4) is 0 Å². The fourth-order valence-electron chi connectivity index (χ4n) is 2.90. The van der Waals surface area contributed by atoms with E-state index in [-0.39, 0.29) is 36.0 Å². The summed E-state index contributed by atoms with van der Waals surface area (Å²) in [5.74, 6) is 0.516. The third-order valence-corrected chi connectivity index (χ3v) is 4.54. The van der Waals surface area contributed by atoms with E-state index in [1.54, 1.807) is 0 Å². The summed E-state index contributed by atoms with van der Waals surface area (Å²) in [5, 5.41) is 10.7. The quantitative estimate of drug-likeness (QED) is 0.191. The maximum atomic E-state index is 10.7. The number of hydrogen-bond acceptors (Lipinski definition) is 4. The minimum Gasteiger partial charge on any atom is -0.550 e. The van der Waals surface area contributed by atoms with Crippen LogP contribution in [-0.4, -0.2) is 25.5 Å². The normalized spacial score (nSPS) is 11.4. The van der Waals surface area contributed by atoms with E-state index < -0.39 is 12.3 Å². The van der Waals surface area contributed by atoms with Crippen molar-refractivity contribution in [3.05, 3.63) is 0 Å². The Labute approximate surface area is 190 Å². The largest absolute Gasteiger partial charge is 1.00 e. The summed E-state index contributed by atoms with van der Waals surface area (Å²) < 4.78 is 11.5. The van der Waals surface area contributed by atoms with E-state index in [1.807, 2.05) is 0 Å². The first-order chi connectivity index (χ1) is 12.4. The summed E-state index contributed by atoms with van der Waals surface area (Å²) in [6.45, 7) is 10.3. The molecular formula is C22H43NaO4. The van der Waals surface area contributed by atoms with E-state index in [0.717, 1.165) is 37.5 Å². The number of hydrogen-bond donors (Lipinski definition) is 0. The van der Waals surface area contributed by atoms with Crippen LogP contribution in [0.25, 0.3) is 0 Å². The smallest absolute Gasteiger partial charge is 0.550 e. The third-order valence-electron chi connectivity index (χ3n) is 4.54. The molecule has 0 rings (SSSR count). The molecule has 0 unspecified atom stereocenters. The van der Waals surface area contributed by atoms with Crippen molar-refractivity contribution in [2.24, 2.45) is 11.8 Å². The summed E-state index contributed by atoms with van der Waals surface area (Å²) >= 11 is 0. The molecule has 0 aliphatic heterocycles. The second-order valence-corrected chi connectivity index (χ2v) is 8.28. The van der Waals surface area contributed by atoms with Gasteiger partial charge in [-0.15, -0.1) is 0 Å². The molecule has 0 saturated heterocycles. The van der Waals surface area contributed by atoms with Crippen LogP contribution >= 0.6 is 0 Å². The van der Waals surface area contributed by atoms with Crippen molar-refractivity contribution in [2.45, 2.75) is 111 Å². The number of carbonyl (C=O) groups excluding carboxylic acids is 1. The predicted molar refractivity (Wildman–Crippen MR) is 106 cm³/mol. The van der Waals surface area contributed by atoms with Crippen LogP contribution in [0.1, 0.15) is 105 Å². The van der Waals surface area contributed by atoms with Crippen molar-refractivity contribution in [3.63, 3.8) is 0 Å². The van der Waals surface area contributed by atoms with Crippen molar-refractivity contribution in [1.82, 2.24) is 0 Å². The molecule has 0 N–H and O–H groups in total. The molecule has 0 aromatic rings. The van der Waals surface area contributed by atoms with Crippen LogP contribution in [0.2, 0.25) is 0 Å². The summed E-state index contributed by atoms with van der Waals surface area (Å²) in [6.07, 6.45) is 11.9. The Morgan fingerprint density at radius 1 is 0.704 bits per heavy atom. The van der Waals surface area contributed by atoms with Gasteiger partial charge in [-0.2, -0.15) is 0 Å². The molecule has 5 heteroatoms. The second-order valence-electron chi connectivity index (χ2n) is 8.28. The van der Waals surface area contributed by atoms with Gasteiger partial charge >= 0.3 is 29.6 Å². The molecule has 0 saturated carbocycles. The van der Waals surface area contributed by atoms with Gasteiger partial charge in [0.05, 0.1) is 0 Å². The second kappa shape index (κ2) is 21.1. The predicted octanol–water partition coefficient (Wildman–Crippen LogP) is 2.09.